The number of nitrogens with one attached hydrogen (secondary N) is 1. The number of hydrogen-bond acceptors (Lipinski definition) is 5. The first-order valence-corrected chi connectivity index (χ1v) is 13.4. The number of anilines is 2. The zero-order valence-corrected chi connectivity index (χ0v) is 20.4. The van der Waals surface area contributed by atoms with E-state index in [1.165, 1.54) is 12.8 Å². The average molecular weight is 479 g/mol. The highest BCUT2D eigenvalue weighted by Crippen LogP contribution is 2.40. The van der Waals surface area contributed by atoms with E-state index < -0.39 is 15.3 Å². The zero-order valence-electron chi connectivity index (χ0n) is 19.6. The molecule has 0 radical (unpaired) electrons. The van der Waals surface area contributed by atoms with Gasteiger partial charge in [-0.1, -0.05) is 12.1 Å². The number of nitriles is 1. The normalized spacial score (nSPS) is 16.7. The number of nitrogens with zero attached hydrogens (tertiary/aromatic N) is 3. The molecule has 8 heteroatoms. The zero-order chi connectivity index (χ0) is 23.9. The first kappa shape index (κ1) is 22.8. The molecule has 2 heterocycles. The van der Waals surface area contributed by atoms with Crippen molar-refractivity contribution in [1.82, 2.24) is 4.57 Å². The summed E-state index contributed by atoms with van der Waals surface area (Å²) in [5.74, 6) is 0.630. The monoisotopic (exact) mass is 478 g/mol. The molecule has 0 unspecified atom stereocenters. The molecule has 2 fully saturated rings. The van der Waals surface area contributed by atoms with Crippen LogP contribution in [0.2, 0.25) is 0 Å². The largest absolute Gasteiger partial charge is 0.378 e. The third-order valence-electron chi connectivity index (χ3n) is 6.71. The van der Waals surface area contributed by atoms with Crippen molar-refractivity contribution in [2.24, 2.45) is 5.92 Å². The SMILES string of the molecule is CC(C)S(=O)(=O)Nc1ccc(-c2c(C#N)c3ccc(N4CCOCC4)cc3n2CC2CC2)cc1. The van der Waals surface area contributed by atoms with Gasteiger partial charge in [-0.15, -0.1) is 0 Å². The molecule has 1 aliphatic heterocycles. The lowest BCUT2D eigenvalue weighted by atomic mass is 10.1. The average Bonchev–Trinajstić information content (AvgIpc) is 3.61. The molecule has 1 saturated heterocycles. The fraction of sp³-hybridized carbons (Fsp3) is 0.423. The second-order valence-corrected chi connectivity index (χ2v) is 11.7. The number of ether oxygens (including phenoxy) is 1. The lowest BCUT2D eigenvalue weighted by Crippen LogP contribution is -2.36. The summed E-state index contributed by atoms with van der Waals surface area (Å²) in [7, 11) is -3.41. The Morgan fingerprint density at radius 3 is 2.44 bits per heavy atom. The highest BCUT2D eigenvalue weighted by molar-refractivity contribution is 7.93. The predicted molar refractivity (Wildman–Crippen MR) is 136 cm³/mol. The molecule has 34 heavy (non-hydrogen) atoms. The molecule has 178 valence electrons. The van der Waals surface area contributed by atoms with E-state index in [1.807, 2.05) is 12.1 Å². The summed E-state index contributed by atoms with van der Waals surface area (Å²) in [6.07, 6.45) is 2.42. The number of hydrogen-bond donors (Lipinski definition) is 1. The summed E-state index contributed by atoms with van der Waals surface area (Å²) in [5.41, 5.74) is 5.23. The van der Waals surface area contributed by atoms with Gasteiger partial charge in [0.1, 0.15) is 6.07 Å². The van der Waals surface area contributed by atoms with Crippen LogP contribution in [0.1, 0.15) is 32.3 Å². The van der Waals surface area contributed by atoms with Gasteiger partial charge in [0.2, 0.25) is 10.0 Å². The molecular formula is C26H30N4O3S. The van der Waals surface area contributed by atoms with Crippen LogP contribution in [0, 0.1) is 17.2 Å². The van der Waals surface area contributed by atoms with Crippen molar-refractivity contribution in [3.63, 3.8) is 0 Å². The third kappa shape index (κ3) is 4.38. The first-order valence-electron chi connectivity index (χ1n) is 11.9. The van der Waals surface area contributed by atoms with E-state index in [0.717, 1.165) is 60.7 Å². The van der Waals surface area contributed by atoms with Crippen LogP contribution in [-0.2, 0) is 21.3 Å². The van der Waals surface area contributed by atoms with E-state index in [9.17, 15) is 13.7 Å². The molecule has 1 N–H and O–H groups in total. The lowest BCUT2D eigenvalue weighted by molar-refractivity contribution is 0.122. The van der Waals surface area contributed by atoms with E-state index in [1.54, 1.807) is 26.0 Å². The minimum absolute atomic E-state index is 0.515. The van der Waals surface area contributed by atoms with Crippen LogP contribution in [0.3, 0.4) is 0 Å². The first-order chi connectivity index (χ1) is 16.4. The molecular weight excluding hydrogens is 448 g/mol. The summed E-state index contributed by atoms with van der Waals surface area (Å²) in [5, 5.41) is 10.6. The Balaban J connectivity index is 1.59. The van der Waals surface area contributed by atoms with Crippen molar-refractivity contribution in [2.45, 2.75) is 38.5 Å². The van der Waals surface area contributed by atoms with Gasteiger partial charge >= 0.3 is 0 Å². The molecule has 3 aromatic rings. The molecule has 2 aliphatic rings. The van der Waals surface area contributed by atoms with Gasteiger partial charge in [-0.2, -0.15) is 5.26 Å². The summed E-state index contributed by atoms with van der Waals surface area (Å²) in [6.45, 7) is 7.35. The topological polar surface area (TPSA) is 87.4 Å². The summed E-state index contributed by atoms with van der Waals surface area (Å²) in [4.78, 5) is 2.33. The van der Waals surface area contributed by atoms with Crippen molar-refractivity contribution in [3.8, 4) is 17.3 Å². The standard InChI is InChI=1S/C26H30N4O3S/c1-18(2)34(31,32)28-21-7-5-20(6-8-21)26-24(16-27)23-10-9-22(29-11-13-33-14-12-29)15-25(23)30(26)17-19-3-4-19/h5-10,15,18-19,28H,3-4,11-14,17H2,1-2H3. The van der Waals surface area contributed by atoms with Crippen LogP contribution in [0.25, 0.3) is 22.2 Å². The number of morpholine rings is 1. The van der Waals surface area contributed by atoms with Gasteiger partial charge in [-0.05, 0) is 68.5 Å². The van der Waals surface area contributed by atoms with Gasteiger partial charge in [0.15, 0.2) is 0 Å². The molecule has 0 atom stereocenters. The van der Waals surface area contributed by atoms with Crippen molar-refractivity contribution >= 4 is 32.3 Å². The summed E-state index contributed by atoms with van der Waals surface area (Å²) < 4.78 is 34.9. The van der Waals surface area contributed by atoms with Gasteiger partial charge < -0.3 is 14.2 Å². The number of benzene rings is 2. The van der Waals surface area contributed by atoms with E-state index in [4.69, 9.17) is 4.74 Å². The fourth-order valence-corrected chi connectivity index (χ4v) is 5.20. The smallest absolute Gasteiger partial charge is 0.235 e. The van der Waals surface area contributed by atoms with Crippen LogP contribution in [-0.4, -0.2) is 44.5 Å². The van der Waals surface area contributed by atoms with Crippen LogP contribution < -0.4 is 9.62 Å². The van der Waals surface area contributed by atoms with Crippen molar-refractivity contribution in [1.29, 1.82) is 5.26 Å². The Kier molecular flexibility index (Phi) is 6.00. The molecule has 0 spiro atoms. The van der Waals surface area contributed by atoms with Crippen LogP contribution in [0.4, 0.5) is 11.4 Å². The molecule has 2 aromatic carbocycles. The lowest BCUT2D eigenvalue weighted by Gasteiger charge is -2.29. The third-order valence-corrected chi connectivity index (χ3v) is 8.47. The number of sulfonamides is 1. The highest BCUT2D eigenvalue weighted by Gasteiger charge is 2.27. The molecule has 5 rings (SSSR count). The Bertz CT molecular complexity index is 1340. The van der Waals surface area contributed by atoms with Crippen LogP contribution >= 0.6 is 0 Å². The number of fused-ring (bicyclic) bond motifs is 1. The molecule has 0 amide bonds. The number of aromatic nitrogens is 1. The highest BCUT2D eigenvalue weighted by atomic mass is 32.2. The molecule has 1 aliphatic carbocycles. The molecule has 1 saturated carbocycles. The van der Waals surface area contributed by atoms with Crippen LogP contribution in [0.5, 0.6) is 0 Å². The van der Waals surface area contributed by atoms with Gasteiger partial charge in [0.25, 0.3) is 0 Å². The molecule has 7 nitrogen and oxygen atoms in total. The van der Waals surface area contributed by atoms with Gasteiger partial charge in [-0.25, -0.2) is 8.42 Å². The Morgan fingerprint density at radius 2 is 1.82 bits per heavy atom. The van der Waals surface area contributed by atoms with E-state index in [0.29, 0.717) is 17.2 Å². The Morgan fingerprint density at radius 1 is 1.12 bits per heavy atom. The summed E-state index contributed by atoms with van der Waals surface area (Å²) in [6, 6.07) is 16.2. The molecule has 1 aromatic heterocycles. The Hall–Kier alpha value is -3.02. The number of rotatable bonds is 7. The van der Waals surface area contributed by atoms with E-state index in [-0.39, 0.29) is 0 Å². The maximum absolute atomic E-state index is 12.2. The van der Waals surface area contributed by atoms with Crippen molar-refractivity contribution in [2.75, 3.05) is 35.9 Å². The summed E-state index contributed by atoms with van der Waals surface area (Å²) >= 11 is 0. The van der Waals surface area contributed by atoms with Gasteiger partial charge in [0, 0.05) is 36.4 Å². The van der Waals surface area contributed by atoms with Crippen LogP contribution in [0.15, 0.2) is 42.5 Å². The fourth-order valence-electron chi connectivity index (χ4n) is 4.50. The second-order valence-electron chi connectivity index (χ2n) is 9.46. The molecule has 0 bridgehead atoms. The van der Waals surface area contributed by atoms with E-state index in [2.05, 4.69) is 38.5 Å². The Labute approximate surface area is 201 Å². The van der Waals surface area contributed by atoms with Crippen molar-refractivity contribution < 1.29 is 13.2 Å². The van der Waals surface area contributed by atoms with Gasteiger partial charge in [0.05, 0.1) is 35.2 Å². The predicted octanol–water partition coefficient (Wildman–Crippen LogP) is 4.58. The quantitative estimate of drug-likeness (QED) is 0.537. The minimum Gasteiger partial charge on any atom is -0.378 e. The minimum atomic E-state index is -3.41. The van der Waals surface area contributed by atoms with Gasteiger partial charge in [-0.3, -0.25) is 4.72 Å². The maximum Gasteiger partial charge on any atom is 0.235 e. The second kappa shape index (κ2) is 8.97. The van der Waals surface area contributed by atoms with Crippen molar-refractivity contribution in [3.05, 3.63) is 48.0 Å². The maximum atomic E-state index is 12.2. The van der Waals surface area contributed by atoms with E-state index >= 15 is 0 Å².